The minimum Gasteiger partial charge on any atom is -0.384 e. The fourth-order valence-corrected chi connectivity index (χ4v) is 2.14. The Bertz CT molecular complexity index is 138. The lowest BCUT2D eigenvalue weighted by atomic mass is 10.1. The van der Waals surface area contributed by atoms with Gasteiger partial charge in [0, 0.05) is 26.3 Å². The van der Waals surface area contributed by atoms with E-state index in [-0.39, 0.29) is 0 Å². The van der Waals surface area contributed by atoms with Crippen LogP contribution in [0.1, 0.15) is 33.1 Å². The Morgan fingerprint density at radius 1 is 1.46 bits per heavy atom. The first kappa shape index (κ1) is 11.0. The molecule has 2 nitrogen and oxygen atoms in total. The number of rotatable bonds is 5. The van der Waals surface area contributed by atoms with Crippen LogP contribution in [-0.4, -0.2) is 26.3 Å². The van der Waals surface area contributed by atoms with Gasteiger partial charge in [0.15, 0.2) is 0 Å². The van der Waals surface area contributed by atoms with Crippen molar-refractivity contribution in [2.45, 2.75) is 39.2 Å². The van der Waals surface area contributed by atoms with E-state index in [1.807, 2.05) is 0 Å². The Morgan fingerprint density at radius 2 is 2.23 bits per heavy atom. The van der Waals surface area contributed by atoms with Crippen LogP contribution >= 0.6 is 0 Å². The SMILES string of the molecule is COCC(C)CNC1CCCC1C. The smallest absolute Gasteiger partial charge is 0.0499 e. The van der Waals surface area contributed by atoms with Gasteiger partial charge in [-0.05, 0) is 24.7 Å². The molecule has 1 aliphatic rings. The standard InChI is InChI=1S/C11H23NO/c1-9(8-13-3)7-12-11-6-4-5-10(11)2/h9-12H,4-8H2,1-3H3. The third-order valence-electron chi connectivity index (χ3n) is 3.04. The van der Waals surface area contributed by atoms with Crippen LogP contribution in [0, 0.1) is 11.8 Å². The van der Waals surface area contributed by atoms with Gasteiger partial charge in [-0.1, -0.05) is 20.3 Å². The third kappa shape index (κ3) is 3.65. The van der Waals surface area contributed by atoms with Gasteiger partial charge in [0.1, 0.15) is 0 Å². The van der Waals surface area contributed by atoms with Crippen LogP contribution in [0.2, 0.25) is 0 Å². The molecule has 0 radical (unpaired) electrons. The third-order valence-corrected chi connectivity index (χ3v) is 3.04. The summed E-state index contributed by atoms with van der Waals surface area (Å²) in [6.07, 6.45) is 4.16. The normalized spacial score (nSPS) is 30.7. The van der Waals surface area contributed by atoms with Gasteiger partial charge < -0.3 is 10.1 Å². The molecule has 3 unspecified atom stereocenters. The molecule has 2 heteroatoms. The number of methoxy groups -OCH3 is 1. The highest BCUT2D eigenvalue weighted by Crippen LogP contribution is 2.24. The molecular weight excluding hydrogens is 162 g/mol. The van der Waals surface area contributed by atoms with Crippen molar-refractivity contribution in [3.05, 3.63) is 0 Å². The molecule has 0 aliphatic heterocycles. The van der Waals surface area contributed by atoms with Crippen molar-refractivity contribution in [2.24, 2.45) is 11.8 Å². The van der Waals surface area contributed by atoms with Crippen LogP contribution in [0.5, 0.6) is 0 Å². The van der Waals surface area contributed by atoms with E-state index in [9.17, 15) is 0 Å². The maximum absolute atomic E-state index is 5.11. The minimum absolute atomic E-state index is 0.637. The van der Waals surface area contributed by atoms with Gasteiger partial charge in [0.25, 0.3) is 0 Å². The molecule has 1 saturated carbocycles. The highest BCUT2D eigenvalue weighted by molar-refractivity contribution is 4.80. The van der Waals surface area contributed by atoms with Gasteiger partial charge in [-0.25, -0.2) is 0 Å². The minimum atomic E-state index is 0.637. The van der Waals surface area contributed by atoms with Crippen LogP contribution < -0.4 is 5.32 Å². The summed E-state index contributed by atoms with van der Waals surface area (Å²) < 4.78 is 5.11. The predicted octanol–water partition coefficient (Wildman–Crippen LogP) is 2.05. The largest absolute Gasteiger partial charge is 0.384 e. The molecule has 0 aromatic rings. The lowest BCUT2D eigenvalue weighted by Gasteiger charge is -2.19. The van der Waals surface area contributed by atoms with Crippen LogP contribution in [0.25, 0.3) is 0 Å². The molecule has 0 heterocycles. The maximum atomic E-state index is 5.11. The van der Waals surface area contributed by atoms with Crippen molar-refractivity contribution < 1.29 is 4.74 Å². The second-order valence-electron chi connectivity index (χ2n) is 4.48. The summed E-state index contributed by atoms with van der Waals surface area (Å²) in [5.41, 5.74) is 0. The van der Waals surface area contributed by atoms with E-state index >= 15 is 0 Å². The second-order valence-corrected chi connectivity index (χ2v) is 4.48. The Kier molecular flexibility index (Phi) is 4.74. The summed E-state index contributed by atoms with van der Waals surface area (Å²) in [7, 11) is 1.77. The molecule has 0 saturated heterocycles. The van der Waals surface area contributed by atoms with E-state index in [1.54, 1.807) is 7.11 Å². The molecule has 0 aromatic carbocycles. The zero-order valence-electron chi connectivity index (χ0n) is 9.18. The first-order valence-corrected chi connectivity index (χ1v) is 5.46. The van der Waals surface area contributed by atoms with E-state index in [0.29, 0.717) is 5.92 Å². The molecule has 13 heavy (non-hydrogen) atoms. The molecular formula is C11H23NO. The summed E-state index contributed by atoms with van der Waals surface area (Å²) in [4.78, 5) is 0. The Morgan fingerprint density at radius 3 is 2.77 bits per heavy atom. The van der Waals surface area contributed by atoms with Gasteiger partial charge in [-0.3, -0.25) is 0 Å². The molecule has 78 valence electrons. The first-order valence-electron chi connectivity index (χ1n) is 5.46. The Labute approximate surface area is 82.0 Å². The van der Waals surface area contributed by atoms with Crippen LogP contribution in [0.4, 0.5) is 0 Å². The number of hydrogen-bond acceptors (Lipinski definition) is 2. The summed E-state index contributed by atoms with van der Waals surface area (Å²) in [6.45, 7) is 6.55. The molecule has 3 atom stereocenters. The Balaban J connectivity index is 2.10. The molecule has 0 bridgehead atoms. The van der Waals surface area contributed by atoms with E-state index in [2.05, 4.69) is 19.2 Å². The first-order chi connectivity index (χ1) is 6.24. The molecule has 0 aromatic heterocycles. The second kappa shape index (κ2) is 5.61. The lowest BCUT2D eigenvalue weighted by Crippen LogP contribution is -2.35. The summed E-state index contributed by atoms with van der Waals surface area (Å²) in [5, 5.41) is 3.64. The van der Waals surface area contributed by atoms with Gasteiger partial charge in [0.05, 0.1) is 0 Å². The van der Waals surface area contributed by atoms with E-state index in [1.165, 1.54) is 19.3 Å². The van der Waals surface area contributed by atoms with Crippen molar-refractivity contribution in [1.82, 2.24) is 5.32 Å². The number of hydrogen-bond donors (Lipinski definition) is 1. The van der Waals surface area contributed by atoms with Crippen molar-refractivity contribution in [3.8, 4) is 0 Å². The van der Waals surface area contributed by atoms with Crippen molar-refractivity contribution in [2.75, 3.05) is 20.3 Å². The fourth-order valence-electron chi connectivity index (χ4n) is 2.14. The van der Waals surface area contributed by atoms with E-state index < -0.39 is 0 Å². The maximum Gasteiger partial charge on any atom is 0.0499 e. The van der Waals surface area contributed by atoms with Crippen molar-refractivity contribution >= 4 is 0 Å². The highest BCUT2D eigenvalue weighted by atomic mass is 16.5. The quantitative estimate of drug-likeness (QED) is 0.708. The highest BCUT2D eigenvalue weighted by Gasteiger charge is 2.22. The number of nitrogens with one attached hydrogen (secondary N) is 1. The van der Waals surface area contributed by atoms with Crippen LogP contribution in [0.3, 0.4) is 0 Å². The van der Waals surface area contributed by atoms with Crippen LogP contribution in [-0.2, 0) is 4.74 Å². The average Bonchev–Trinajstić information content (AvgIpc) is 2.48. The van der Waals surface area contributed by atoms with Gasteiger partial charge in [0.2, 0.25) is 0 Å². The monoisotopic (exact) mass is 185 g/mol. The molecule has 0 spiro atoms. The van der Waals surface area contributed by atoms with E-state index in [0.717, 1.165) is 25.1 Å². The topological polar surface area (TPSA) is 21.3 Å². The zero-order chi connectivity index (χ0) is 9.68. The average molecular weight is 185 g/mol. The summed E-state index contributed by atoms with van der Waals surface area (Å²) in [5.74, 6) is 1.51. The van der Waals surface area contributed by atoms with Gasteiger partial charge >= 0.3 is 0 Å². The zero-order valence-corrected chi connectivity index (χ0v) is 9.18. The van der Waals surface area contributed by atoms with Crippen LogP contribution in [0.15, 0.2) is 0 Å². The number of ether oxygens (including phenoxy) is 1. The molecule has 1 rings (SSSR count). The van der Waals surface area contributed by atoms with Gasteiger partial charge in [-0.15, -0.1) is 0 Å². The molecule has 1 fully saturated rings. The van der Waals surface area contributed by atoms with E-state index in [4.69, 9.17) is 4.74 Å². The van der Waals surface area contributed by atoms with Crippen molar-refractivity contribution in [3.63, 3.8) is 0 Å². The predicted molar refractivity (Wildman–Crippen MR) is 55.8 cm³/mol. The fraction of sp³-hybridized carbons (Fsp3) is 1.00. The molecule has 0 amide bonds. The molecule has 1 N–H and O–H groups in total. The van der Waals surface area contributed by atoms with Gasteiger partial charge in [-0.2, -0.15) is 0 Å². The lowest BCUT2D eigenvalue weighted by molar-refractivity contribution is 0.156. The Hall–Kier alpha value is -0.0800. The summed E-state index contributed by atoms with van der Waals surface area (Å²) >= 11 is 0. The molecule has 1 aliphatic carbocycles. The summed E-state index contributed by atoms with van der Waals surface area (Å²) in [6, 6.07) is 0.763. The van der Waals surface area contributed by atoms with Crippen molar-refractivity contribution in [1.29, 1.82) is 0 Å².